The summed E-state index contributed by atoms with van der Waals surface area (Å²) in [6, 6.07) is 0. The fourth-order valence-electron chi connectivity index (χ4n) is 0.852. The topological polar surface area (TPSA) is 101 Å². The average molecular weight is 228 g/mol. The summed E-state index contributed by atoms with van der Waals surface area (Å²) >= 11 is 0. The van der Waals surface area contributed by atoms with E-state index in [-0.39, 0.29) is 62.8 Å². The van der Waals surface area contributed by atoms with Crippen LogP contribution in [-0.2, 0) is 4.79 Å². The summed E-state index contributed by atoms with van der Waals surface area (Å²) in [5.74, 6) is 0.0914. The maximum Gasteiger partial charge on any atom is 1.00 e. The van der Waals surface area contributed by atoms with Crippen LogP contribution in [0.2, 0.25) is 0 Å². The predicted molar refractivity (Wildman–Crippen MR) is 43.1 cm³/mol. The molecule has 1 rings (SSSR count). The van der Waals surface area contributed by atoms with E-state index in [1.165, 1.54) is 0 Å². The normalized spacial score (nSPS) is 18.0. The van der Waals surface area contributed by atoms with Gasteiger partial charge in [-0.2, -0.15) is 0 Å². The molecule has 0 aliphatic carbocycles. The van der Waals surface area contributed by atoms with Gasteiger partial charge in [0.25, 0.3) is 0 Å². The molecule has 76 valence electrons. The van der Waals surface area contributed by atoms with Crippen molar-refractivity contribution in [1.29, 1.82) is 0 Å². The number of carbonyl (C=O) groups excluding carboxylic acids is 1. The largest absolute Gasteiger partial charge is 1.00 e. The zero-order chi connectivity index (χ0) is 10.5. The first-order chi connectivity index (χ1) is 5.86. The van der Waals surface area contributed by atoms with Gasteiger partial charge in [-0.05, 0) is 13.8 Å². The number of carboxylic acid groups (broad SMARTS) is 2. The average Bonchev–Trinajstić information content (AvgIpc) is 1.94. The molecular weight excluding hydrogens is 215 g/mol. The molecular formula is C7H13KN2O4. The molecule has 1 fully saturated rings. The van der Waals surface area contributed by atoms with Gasteiger partial charge in [-0.3, -0.25) is 4.79 Å². The Balaban J connectivity index is 0. The molecule has 1 aliphatic rings. The van der Waals surface area contributed by atoms with Gasteiger partial charge in [0.05, 0.1) is 5.54 Å². The van der Waals surface area contributed by atoms with Crippen molar-refractivity contribution >= 4 is 12.1 Å². The molecule has 0 aromatic heterocycles. The van der Waals surface area contributed by atoms with Crippen LogP contribution in [0.15, 0.2) is 0 Å². The Morgan fingerprint density at radius 2 is 1.93 bits per heavy atom. The summed E-state index contributed by atoms with van der Waals surface area (Å²) in [4.78, 5) is 19.4. The molecule has 14 heavy (non-hydrogen) atoms. The molecule has 0 atom stereocenters. The van der Waals surface area contributed by atoms with Crippen LogP contribution in [0.4, 0.5) is 4.79 Å². The Labute approximate surface area is 125 Å². The van der Waals surface area contributed by atoms with Crippen LogP contribution in [0.3, 0.4) is 0 Å². The van der Waals surface area contributed by atoms with Gasteiger partial charge >= 0.3 is 51.4 Å². The van der Waals surface area contributed by atoms with E-state index < -0.39 is 6.16 Å². The summed E-state index contributed by atoms with van der Waals surface area (Å²) in [5, 5.41) is 21.2. The first-order valence-electron chi connectivity index (χ1n) is 3.79. The minimum atomic E-state index is -2.08. The number of carbonyl (C=O) groups is 2. The molecule has 0 aromatic rings. The number of hydrogen-bond acceptors (Lipinski definition) is 4. The molecule has 0 bridgehead atoms. The monoisotopic (exact) mass is 228 g/mol. The number of piperazine rings is 1. The Morgan fingerprint density at radius 3 is 2.14 bits per heavy atom. The van der Waals surface area contributed by atoms with E-state index in [2.05, 4.69) is 10.6 Å². The van der Waals surface area contributed by atoms with Gasteiger partial charge in [0.15, 0.2) is 0 Å². The Kier molecular flexibility index (Phi) is 9.10. The molecule has 6 nitrogen and oxygen atoms in total. The predicted octanol–water partition coefficient (Wildman–Crippen LogP) is -4.62. The molecule has 3 N–H and O–H groups in total. The van der Waals surface area contributed by atoms with E-state index in [0.717, 1.165) is 13.1 Å². The van der Waals surface area contributed by atoms with Crippen LogP contribution < -0.4 is 67.1 Å². The molecule has 0 spiro atoms. The Hall–Kier alpha value is 0.336. The second kappa shape index (κ2) is 7.61. The van der Waals surface area contributed by atoms with Gasteiger partial charge in [-0.15, -0.1) is 0 Å². The zero-order valence-electron chi connectivity index (χ0n) is 8.59. The Bertz CT molecular complexity index is 204. The number of amides is 1. The molecule has 0 aromatic carbocycles. The molecule has 7 heteroatoms. The molecule has 1 aliphatic heterocycles. The second-order valence-corrected chi connectivity index (χ2v) is 3.07. The summed E-state index contributed by atoms with van der Waals surface area (Å²) < 4.78 is 0. The summed E-state index contributed by atoms with van der Waals surface area (Å²) in [6.07, 6.45) is -2.08. The van der Waals surface area contributed by atoms with Crippen molar-refractivity contribution in [2.45, 2.75) is 19.4 Å². The molecule has 0 saturated carbocycles. The van der Waals surface area contributed by atoms with Crippen LogP contribution in [0.1, 0.15) is 13.8 Å². The van der Waals surface area contributed by atoms with Crippen molar-refractivity contribution in [3.63, 3.8) is 0 Å². The SMILES string of the molecule is CC1(C)NCCNC1=O.O=C([O-])O.[K+]. The molecule has 0 unspecified atom stereocenters. The Morgan fingerprint density at radius 1 is 1.50 bits per heavy atom. The fourth-order valence-corrected chi connectivity index (χ4v) is 0.852. The number of nitrogens with one attached hydrogen (secondary N) is 2. The van der Waals surface area contributed by atoms with E-state index >= 15 is 0 Å². The molecule has 1 heterocycles. The van der Waals surface area contributed by atoms with Gasteiger partial charge in [-0.25, -0.2) is 0 Å². The van der Waals surface area contributed by atoms with E-state index in [1.807, 2.05) is 13.8 Å². The maximum atomic E-state index is 10.9. The van der Waals surface area contributed by atoms with Crippen LogP contribution in [0.25, 0.3) is 0 Å². The quantitative estimate of drug-likeness (QED) is 0.362. The van der Waals surface area contributed by atoms with Gasteiger partial charge in [0, 0.05) is 13.1 Å². The summed E-state index contributed by atoms with van der Waals surface area (Å²) in [5.41, 5.74) is -0.363. The van der Waals surface area contributed by atoms with Crippen molar-refractivity contribution in [3.8, 4) is 0 Å². The van der Waals surface area contributed by atoms with Crippen LogP contribution in [0.5, 0.6) is 0 Å². The third-order valence-corrected chi connectivity index (χ3v) is 1.55. The first-order valence-corrected chi connectivity index (χ1v) is 3.79. The molecule has 0 radical (unpaired) electrons. The minimum absolute atomic E-state index is 0. The first kappa shape index (κ1) is 16.8. The number of rotatable bonds is 0. The zero-order valence-corrected chi connectivity index (χ0v) is 11.7. The fraction of sp³-hybridized carbons (Fsp3) is 0.714. The van der Waals surface area contributed by atoms with Gasteiger partial charge in [-0.1, -0.05) is 0 Å². The standard InChI is InChI=1S/C6H12N2O.CH2O3.K/c1-6(2)5(9)7-3-4-8-6;2-1(3)4;/h8H,3-4H2,1-2H3,(H,7,9);(H2,2,3,4);/q;;+1/p-1. The van der Waals surface area contributed by atoms with E-state index in [1.54, 1.807) is 0 Å². The van der Waals surface area contributed by atoms with Crippen LogP contribution in [0, 0.1) is 0 Å². The van der Waals surface area contributed by atoms with Crippen molar-refractivity contribution in [2.24, 2.45) is 0 Å². The van der Waals surface area contributed by atoms with E-state index in [9.17, 15) is 4.79 Å². The number of hydrogen-bond donors (Lipinski definition) is 3. The molecule has 1 saturated heterocycles. The van der Waals surface area contributed by atoms with Crippen molar-refractivity contribution < 1.29 is 71.2 Å². The van der Waals surface area contributed by atoms with Crippen molar-refractivity contribution in [3.05, 3.63) is 0 Å². The third-order valence-electron chi connectivity index (χ3n) is 1.55. The van der Waals surface area contributed by atoms with Crippen LogP contribution >= 0.6 is 0 Å². The van der Waals surface area contributed by atoms with Crippen molar-refractivity contribution in [1.82, 2.24) is 10.6 Å². The van der Waals surface area contributed by atoms with E-state index in [4.69, 9.17) is 15.0 Å². The second-order valence-electron chi connectivity index (χ2n) is 3.07. The smallest absolute Gasteiger partial charge is 0.565 e. The maximum absolute atomic E-state index is 10.9. The van der Waals surface area contributed by atoms with Gasteiger partial charge in [0.2, 0.25) is 12.1 Å². The molecule has 1 amide bonds. The van der Waals surface area contributed by atoms with Gasteiger partial charge < -0.3 is 25.6 Å². The van der Waals surface area contributed by atoms with Gasteiger partial charge in [0.1, 0.15) is 0 Å². The van der Waals surface area contributed by atoms with E-state index in [0.29, 0.717) is 0 Å². The summed E-state index contributed by atoms with van der Waals surface area (Å²) in [7, 11) is 0. The van der Waals surface area contributed by atoms with Crippen molar-refractivity contribution in [2.75, 3.05) is 13.1 Å². The van der Waals surface area contributed by atoms with Crippen LogP contribution in [-0.4, -0.2) is 35.8 Å². The minimum Gasteiger partial charge on any atom is -0.565 e. The third kappa shape index (κ3) is 7.71. The summed E-state index contributed by atoms with van der Waals surface area (Å²) in [6.45, 7) is 5.38.